The normalized spacial score (nSPS) is 14.3. The maximum absolute atomic E-state index is 14.6. The number of anilines is 1. The Balaban J connectivity index is 1.57. The molecule has 1 aliphatic rings. The van der Waals surface area contributed by atoms with Crippen molar-refractivity contribution in [3.63, 3.8) is 0 Å². The molecule has 2 amide bonds. The van der Waals surface area contributed by atoms with Gasteiger partial charge in [-0.3, -0.25) is 13.9 Å². The molecule has 1 aliphatic carbocycles. The van der Waals surface area contributed by atoms with Crippen LogP contribution in [0.2, 0.25) is 10.0 Å². The van der Waals surface area contributed by atoms with Crippen LogP contribution >= 0.6 is 23.2 Å². The van der Waals surface area contributed by atoms with Gasteiger partial charge < -0.3 is 10.2 Å². The lowest BCUT2D eigenvalue weighted by Crippen LogP contribution is -2.55. The number of carbonyl (C=O) groups excluding carboxylic acids is 2. The second-order valence-corrected chi connectivity index (χ2v) is 14.7. The van der Waals surface area contributed by atoms with E-state index in [9.17, 15) is 18.0 Å². The fourth-order valence-corrected chi connectivity index (χ4v) is 7.85. The zero-order valence-electron chi connectivity index (χ0n) is 26.3. The Kier molecular flexibility index (Phi) is 11.6. The monoisotopic (exact) mass is 691 g/mol. The van der Waals surface area contributed by atoms with Crippen LogP contribution in [0.3, 0.4) is 0 Å². The van der Waals surface area contributed by atoms with Crippen molar-refractivity contribution in [1.29, 1.82) is 0 Å². The van der Waals surface area contributed by atoms with Gasteiger partial charge >= 0.3 is 0 Å². The lowest BCUT2D eigenvalue weighted by molar-refractivity contribution is -0.140. The highest BCUT2D eigenvalue weighted by atomic mass is 35.5. The molecule has 4 aromatic carbocycles. The second kappa shape index (κ2) is 15.8. The summed E-state index contributed by atoms with van der Waals surface area (Å²) < 4.78 is 29.3. The molecule has 0 spiro atoms. The molecule has 0 saturated heterocycles. The van der Waals surface area contributed by atoms with E-state index in [0.29, 0.717) is 0 Å². The molecule has 10 heteroatoms. The summed E-state index contributed by atoms with van der Waals surface area (Å²) in [6.45, 7) is 1.50. The lowest BCUT2D eigenvalue weighted by atomic mass is 9.94. The predicted molar refractivity (Wildman–Crippen MR) is 188 cm³/mol. The van der Waals surface area contributed by atoms with E-state index in [-0.39, 0.29) is 45.5 Å². The van der Waals surface area contributed by atoms with Gasteiger partial charge in [0.15, 0.2) is 0 Å². The Labute approximate surface area is 287 Å². The minimum absolute atomic E-state index is 0.00450. The van der Waals surface area contributed by atoms with Gasteiger partial charge in [0.25, 0.3) is 10.0 Å². The number of hydrogen-bond acceptors (Lipinski definition) is 4. The average Bonchev–Trinajstić information content (AvgIpc) is 3.06. The number of nitrogens with zero attached hydrogens (tertiary/aromatic N) is 2. The van der Waals surface area contributed by atoms with Crippen molar-refractivity contribution in [3.05, 3.63) is 130 Å². The van der Waals surface area contributed by atoms with Gasteiger partial charge in [-0.2, -0.15) is 0 Å². The van der Waals surface area contributed by atoms with E-state index in [2.05, 4.69) is 5.32 Å². The SMILES string of the molecule is Cc1ccc(CN(C(=O)CN(c2cc(Cl)cc(Cl)c2)S(=O)(=O)c2ccccc2)[C@H](Cc2ccccc2)C(=O)NC2CCCCC2)cc1. The first-order valence-electron chi connectivity index (χ1n) is 15.8. The molecule has 0 aromatic heterocycles. The summed E-state index contributed by atoms with van der Waals surface area (Å²) in [5.74, 6) is -0.801. The Morgan fingerprint density at radius 2 is 1.40 bits per heavy atom. The number of aryl methyl sites for hydroxylation is 1. The Hall–Kier alpha value is -3.85. The first-order chi connectivity index (χ1) is 22.6. The number of hydrogen-bond donors (Lipinski definition) is 1. The van der Waals surface area contributed by atoms with Crippen molar-refractivity contribution < 1.29 is 18.0 Å². The van der Waals surface area contributed by atoms with Gasteiger partial charge in [0.2, 0.25) is 11.8 Å². The number of nitrogens with one attached hydrogen (secondary N) is 1. The number of amides is 2. The Morgan fingerprint density at radius 1 is 0.809 bits per heavy atom. The summed E-state index contributed by atoms with van der Waals surface area (Å²) in [6, 6.07) is 28.7. The van der Waals surface area contributed by atoms with Gasteiger partial charge in [-0.1, -0.05) is 121 Å². The largest absolute Gasteiger partial charge is 0.352 e. The molecule has 0 unspecified atom stereocenters. The summed E-state index contributed by atoms with van der Waals surface area (Å²) in [6.07, 6.45) is 5.23. The van der Waals surface area contributed by atoms with Crippen LogP contribution in [0.25, 0.3) is 0 Å². The highest BCUT2D eigenvalue weighted by Gasteiger charge is 2.35. The zero-order chi connectivity index (χ0) is 33.4. The van der Waals surface area contributed by atoms with E-state index in [0.717, 1.165) is 53.1 Å². The molecule has 5 rings (SSSR count). The first-order valence-corrected chi connectivity index (χ1v) is 18.0. The maximum Gasteiger partial charge on any atom is 0.264 e. The summed E-state index contributed by atoms with van der Waals surface area (Å²) in [5, 5.41) is 3.67. The van der Waals surface area contributed by atoms with Crippen molar-refractivity contribution in [2.45, 2.75) is 69.0 Å². The molecular weight excluding hydrogens is 653 g/mol. The molecule has 47 heavy (non-hydrogen) atoms. The van der Waals surface area contributed by atoms with Crippen molar-refractivity contribution >= 4 is 50.7 Å². The van der Waals surface area contributed by atoms with Crippen LogP contribution in [0.5, 0.6) is 0 Å². The number of sulfonamides is 1. The highest BCUT2D eigenvalue weighted by molar-refractivity contribution is 7.92. The summed E-state index contributed by atoms with van der Waals surface area (Å²) >= 11 is 12.7. The van der Waals surface area contributed by atoms with Crippen LogP contribution < -0.4 is 9.62 Å². The third-order valence-corrected chi connectivity index (χ3v) is 10.7. The fraction of sp³-hybridized carbons (Fsp3) is 0.297. The maximum atomic E-state index is 14.6. The molecule has 1 saturated carbocycles. The van der Waals surface area contributed by atoms with Gasteiger partial charge in [-0.15, -0.1) is 0 Å². The molecule has 246 valence electrons. The van der Waals surface area contributed by atoms with E-state index in [1.807, 2.05) is 61.5 Å². The number of halogens is 2. The van der Waals surface area contributed by atoms with Gasteiger partial charge in [-0.25, -0.2) is 8.42 Å². The van der Waals surface area contributed by atoms with Crippen molar-refractivity contribution in [2.24, 2.45) is 0 Å². The smallest absolute Gasteiger partial charge is 0.264 e. The number of carbonyl (C=O) groups is 2. The zero-order valence-corrected chi connectivity index (χ0v) is 28.6. The molecule has 1 fully saturated rings. The van der Waals surface area contributed by atoms with Crippen LogP contribution in [-0.2, 0) is 32.6 Å². The molecule has 0 bridgehead atoms. The third-order valence-electron chi connectivity index (χ3n) is 8.44. The van der Waals surface area contributed by atoms with E-state index < -0.39 is 28.5 Å². The topological polar surface area (TPSA) is 86.8 Å². The Morgan fingerprint density at radius 3 is 2.02 bits per heavy atom. The van der Waals surface area contributed by atoms with Gasteiger partial charge in [0, 0.05) is 29.1 Å². The first kappa shape index (κ1) is 34.5. The minimum Gasteiger partial charge on any atom is -0.352 e. The van der Waals surface area contributed by atoms with Crippen LogP contribution in [0.4, 0.5) is 5.69 Å². The minimum atomic E-state index is -4.25. The fourth-order valence-electron chi connectivity index (χ4n) is 5.92. The predicted octanol–water partition coefficient (Wildman–Crippen LogP) is 7.59. The summed E-state index contributed by atoms with van der Waals surface area (Å²) in [5.41, 5.74) is 2.89. The molecule has 0 heterocycles. The van der Waals surface area contributed by atoms with Crippen LogP contribution in [0.15, 0.2) is 108 Å². The van der Waals surface area contributed by atoms with Crippen molar-refractivity contribution in [2.75, 3.05) is 10.8 Å². The number of rotatable bonds is 12. The van der Waals surface area contributed by atoms with Crippen LogP contribution in [0.1, 0.15) is 48.8 Å². The summed E-state index contributed by atoms with van der Waals surface area (Å²) in [7, 11) is -4.25. The molecular formula is C37H39Cl2N3O4S. The second-order valence-electron chi connectivity index (χ2n) is 12.0. The van der Waals surface area contributed by atoms with Gasteiger partial charge in [0.1, 0.15) is 12.6 Å². The van der Waals surface area contributed by atoms with Crippen LogP contribution in [-0.4, -0.2) is 43.8 Å². The Bertz CT molecular complexity index is 1740. The lowest BCUT2D eigenvalue weighted by Gasteiger charge is -2.35. The van der Waals surface area contributed by atoms with Gasteiger partial charge in [0.05, 0.1) is 10.6 Å². The van der Waals surface area contributed by atoms with E-state index >= 15 is 0 Å². The van der Waals surface area contributed by atoms with E-state index in [1.54, 1.807) is 18.2 Å². The quantitative estimate of drug-likeness (QED) is 0.166. The standard InChI is InChI=1S/C37H39Cl2N3O4S/c1-27-17-19-29(20-18-27)25-41(35(21-28-11-5-2-6-12-28)37(44)40-32-13-7-3-8-14-32)36(43)26-42(33-23-30(38)22-31(39)24-33)47(45,46)34-15-9-4-10-16-34/h2,4-6,9-12,15-20,22-24,32,35H,3,7-8,13-14,21,25-26H2,1H3,(H,40,44)/t35-/m1/s1. The molecule has 7 nitrogen and oxygen atoms in total. The van der Waals surface area contributed by atoms with Crippen molar-refractivity contribution in [3.8, 4) is 0 Å². The molecule has 4 aromatic rings. The van der Waals surface area contributed by atoms with Gasteiger partial charge in [-0.05, 0) is 61.2 Å². The number of benzene rings is 4. The van der Waals surface area contributed by atoms with E-state index in [4.69, 9.17) is 23.2 Å². The summed E-state index contributed by atoms with van der Waals surface area (Å²) in [4.78, 5) is 30.4. The molecule has 1 N–H and O–H groups in total. The van der Waals surface area contributed by atoms with Crippen molar-refractivity contribution in [1.82, 2.24) is 10.2 Å². The van der Waals surface area contributed by atoms with E-state index in [1.165, 1.54) is 35.2 Å². The highest BCUT2D eigenvalue weighted by Crippen LogP contribution is 2.30. The van der Waals surface area contributed by atoms with Crippen LogP contribution in [0, 0.1) is 6.92 Å². The third kappa shape index (κ3) is 9.15. The molecule has 0 radical (unpaired) electrons. The molecule has 0 aliphatic heterocycles. The molecule has 1 atom stereocenters. The average molecular weight is 693 g/mol.